The molecule has 1 rings (SSSR count). The first-order valence-electron chi connectivity index (χ1n) is 4.94. The lowest BCUT2D eigenvalue weighted by atomic mass is 10.2. The monoisotopic (exact) mass is 343 g/mol. The van der Waals surface area contributed by atoms with Crippen LogP contribution in [-0.2, 0) is 5.88 Å². The van der Waals surface area contributed by atoms with Crippen molar-refractivity contribution >= 4 is 56.4 Å². The fourth-order valence-electron chi connectivity index (χ4n) is 1.53. The molecule has 0 unspecified atom stereocenters. The number of anilines is 1. The molecule has 5 heteroatoms. The molecule has 0 saturated heterocycles. The van der Waals surface area contributed by atoms with Crippen molar-refractivity contribution in [1.29, 1.82) is 0 Å². The van der Waals surface area contributed by atoms with Crippen LogP contribution < -0.4 is 4.90 Å². The molecule has 1 aromatic carbocycles. The molecule has 0 N–H and O–H groups in total. The maximum Gasteiger partial charge on any atom is 0.0494 e. The van der Waals surface area contributed by atoms with Gasteiger partial charge in [-0.25, -0.2) is 0 Å². The summed E-state index contributed by atoms with van der Waals surface area (Å²) in [5.41, 5.74) is 2.20. The predicted molar refractivity (Wildman–Crippen MR) is 77.4 cm³/mol. The fourth-order valence-corrected chi connectivity index (χ4v) is 2.56. The molecule has 0 aromatic heterocycles. The number of rotatable bonds is 6. The van der Waals surface area contributed by atoms with E-state index in [0.29, 0.717) is 17.6 Å². The van der Waals surface area contributed by atoms with Crippen LogP contribution in [0.3, 0.4) is 0 Å². The van der Waals surface area contributed by atoms with E-state index in [2.05, 4.69) is 20.8 Å². The molecule has 16 heavy (non-hydrogen) atoms. The van der Waals surface area contributed by atoms with Gasteiger partial charge in [0.2, 0.25) is 0 Å². The number of hydrogen-bond donors (Lipinski definition) is 0. The molecule has 0 radical (unpaired) electrons. The van der Waals surface area contributed by atoms with E-state index in [1.165, 1.54) is 0 Å². The minimum absolute atomic E-state index is 0.482. The highest BCUT2D eigenvalue weighted by Crippen LogP contribution is 2.26. The highest BCUT2D eigenvalue weighted by atomic mass is 79.9. The number of alkyl halides is 3. The molecular weight excluding hydrogens is 332 g/mol. The van der Waals surface area contributed by atoms with Crippen molar-refractivity contribution in [2.75, 3.05) is 29.7 Å². The van der Waals surface area contributed by atoms with E-state index in [1.807, 2.05) is 18.2 Å². The lowest BCUT2D eigenvalue weighted by Crippen LogP contribution is -2.28. The van der Waals surface area contributed by atoms with Gasteiger partial charge in [-0.1, -0.05) is 15.9 Å². The Labute approximate surface area is 120 Å². The van der Waals surface area contributed by atoms with Crippen LogP contribution >= 0.6 is 50.7 Å². The average molecular weight is 345 g/mol. The summed E-state index contributed by atoms with van der Waals surface area (Å²) in [6, 6.07) is 6.07. The van der Waals surface area contributed by atoms with E-state index in [9.17, 15) is 0 Å². The van der Waals surface area contributed by atoms with E-state index in [1.54, 1.807) is 0 Å². The third-order valence-corrected chi connectivity index (χ3v) is 3.35. The summed E-state index contributed by atoms with van der Waals surface area (Å²) >= 11 is 20.9. The highest BCUT2D eigenvalue weighted by Gasteiger charge is 2.10. The minimum Gasteiger partial charge on any atom is -0.369 e. The first-order chi connectivity index (χ1) is 7.72. The number of halogens is 4. The van der Waals surface area contributed by atoms with Crippen molar-refractivity contribution in [3.8, 4) is 0 Å². The molecule has 0 bridgehead atoms. The molecule has 0 aliphatic rings. The zero-order valence-electron chi connectivity index (χ0n) is 8.73. The summed E-state index contributed by atoms with van der Waals surface area (Å²) in [7, 11) is 0. The topological polar surface area (TPSA) is 3.24 Å². The van der Waals surface area contributed by atoms with Crippen LogP contribution in [0.2, 0.25) is 0 Å². The van der Waals surface area contributed by atoms with Crippen LogP contribution in [0.25, 0.3) is 0 Å². The molecule has 0 aliphatic carbocycles. The van der Waals surface area contributed by atoms with Crippen molar-refractivity contribution in [2.45, 2.75) is 5.88 Å². The molecule has 90 valence electrons. The third-order valence-electron chi connectivity index (χ3n) is 2.24. The Morgan fingerprint density at radius 2 is 1.69 bits per heavy atom. The van der Waals surface area contributed by atoms with Crippen LogP contribution in [-0.4, -0.2) is 24.8 Å². The quantitative estimate of drug-likeness (QED) is 0.688. The van der Waals surface area contributed by atoms with E-state index in [0.717, 1.165) is 28.8 Å². The SMILES string of the molecule is ClCCN(CCCl)c1ccc(Br)cc1CCl. The van der Waals surface area contributed by atoms with Gasteiger partial charge in [0.05, 0.1) is 0 Å². The van der Waals surface area contributed by atoms with E-state index in [-0.39, 0.29) is 0 Å². The maximum absolute atomic E-state index is 5.93. The predicted octanol–water partition coefficient (Wildman–Crippen LogP) is 4.47. The zero-order valence-corrected chi connectivity index (χ0v) is 12.6. The summed E-state index contributed by atoms with van der Waals surface area (Å²) in [6.45, 7) is 1.56. The lowest BCUT2D eigenvalue weighted by molar-refractivity contribution is 0.868. The van der Waals surface area contributed by atoms with Gasteiger partial charge in [-0.05, 0) is 23.8 Å². The number of hydrogen-bond acceptors (Lipinski definition) is 1. The summed E-state index contributed by atoms with van der Waals surface area (Å²) < 4.78 is 1.03. The van der Waals surface area contributed by atoms with Gasteiger partial charge in [-0.15, -0.1) is 34.8 Å². The van der Waals surface area contributed by atoms with Crippen molar-refractivity contribution in [2.24, 2.45) is 0 Å². The van der Waals surface area contributed by atoms with Crippen molar-refractivity contribution in [3.05, 3.63) is 28.2 Å². The van der Waals surface area contributed by atoms with Gasteiger partial charge >= 0.3 is 0 Å². The maximum atomic E-state index is 5.93. The molecule has 1 aromatic rings. The van der Waals surface area contributed by atoms with E-state index >= 15 is 0 Å². The molecular formula is C11H13BrCl3N. The Hall–Kier alpha value is 0.370. The standard InChI is InChI=1S/C11H13BrCl3N/c12-10-1-2-11(9(7-10)8-15)16(5-3-13)6-4-14/h1-2,7H,3-6,8H2. The Morgan fingerprint density at radius 3 is 2.19 bits per heavy atom. The molecule has 0 amide bonds. The largest absolute Gasteiger partial charge is 0.369 e. The first kappa shape index (κ1) is 14.4. The fraction of sp³-hybridized carbons (Fsp3) is 0.455. The Kier molecular flexibility index (Phi) is 6.90. The van der Waals surface area contributed by atoms with Crippen molar-refractivity contribution < 1.29 is 0 Å². The van der Waals surface area contributed by atoms with Crippen molar-refractivity contribution in [3.63, 3.8) is 0 Å². The molecule has 0 aliphatic heterocycles. The van der Waals surface area contributed by atoms with E-state index < -0.39 is 0 Å². The van der Waals surface area contributed by atoms with Gasteiger partial charge in [0, 0.05) is 40.9 Å². The normalized spacial score (nSPS) is 10.5. The Bertz CT molecular complexity index is 327. The molecule has 0 saturated carbocycles. The van der Waals surface area contributed by atoms with Crippen LogP contribution in [0.15, 0.2) is 22.7 Å². The van der Waals surface area contributed by atoms with Crippen molar-refractivity contribution in [1.82, 2.24) is 0 Å². The van der Waals surface area contributed by atoms with Gasteiger partial charge in [0.25, 0.3) is 0 Å². The summed E-state index contributed by atoms with van der Waals surface area (Å²) in [4.78, 5) is 2.16. The van der Waals surface area contributed by atoms with Gasteiger partial charge in [-0.3, -0.25) is 0 Å². The average Bonchev–Trinajstić information content (AvgIpc) is 2.28. The van der Waals surface area contributed by atoms with Gasteiger partial charge in [0.1, 0.15) is 0 Å². The number of benzene rings is 1. The van der Waals surface area contributed by atoms with Gasteiger partial charge in [-0.2, -0.15) is 0 Å². The molecule has 0 fully saturated rings. The molecule has 0 spiro atoms. The van der Waals surface area contributed by atoms with Gasteiger partial charge in [0.15, 0.2) is 0 Å². The van der Waals surface area contributed by atoms with Crippen LogP contribution in [0.4, 0.5) is 5.69 Å². The zero-order chi connectivity index (χ0) is 12.0. The first-order valence-corrected chi connectivity index (χ1v) is 7.33. The minimum atomic E-state index is 0.482. The van der Waals surface area contributed by atoms with Crippen LogP contribution in [0.5, 0.6) is 0 Å². The Balaban J connectivity index is 2.97. The summed E-state index contributed by atoms with van der Waals surface area (Å²) in [5.74, 6) is 1.64. The second kappa shape index (κ2) is 7.65. The highest BCUT2D eigenvalue weighted by molar-refractivity contribution is 9.10. The van der Waals surface area contributed by atoms with Crippen LogP contribution in [0.1, 0.15) is 5.56 Å². The lowest BCUT2D eigenvalue weighted by Gasteiger charge is -2.25. The second-order valence-electron chi connectivity index (χ2n) is 3.27. The van der Waals surface area contributed by atoms with Crippen LogP contribution in [0, 0.1) is 0 Å². The second-order valence-corrected chi connectivity index (χ2v) is 5.21. The summed E-state index contributed by atoms with van der Waals surface area (Å²) in [6.07, 6.45) is 0. The smallest absolute Gasteiger partial charge is 0.0494 e. The summed E-state index contributed by atoms with van der Waals surface area (Å²) in [5, 5.41) is 0. The molecule has 0 atom stereocenters. The molecule has 1 nitrogen and oxygen atoms in total. The molecule has 0 heterocycles. The number of nitrogens with zero attached hydrogens (tertiary/aromatic N) is 1. The Morgan fingerprint density at radius 1 is 1.06 bits per heavy atom. The third kappa shape index (κ3) is 3.99. The van der Waals surface area contributed by atoms with E-state index in [4.69, 9.17) is 34.8 Å². The van der Waals surface area contributed by atoms with Gasteiger partial charge < -0.3 is 4.90 Å².